The lowest BCUT2D eigenvalue weighted by molar-refractivity contribution is -0.777. The number of hydrogen-bond donors (Lipinski definition) is 0. The van der Waals surface area contributed by atoms with Gasteiger partial charge in [0.05, 0.1) is 0 Å². The van der Waals surface area contributed by atoms with Crippen LogP contribution in [0.4, 0.5) is 8.78 Å². The highest BCUT2D eigenvalue weighted by atomic mass is 32.2. The highest BCUT2D eigenvalue weighted by molar-refractivity contribution is 7.96. The van der Waals surface area contributed by atoms with Crippen molar-refractivity contribution in [3.8, 4) is 5.75 Å². The van der Waals surface area contributed by atoms with Crippen LogP contribution in [0.5, 0.6) is 5.75 Å². The highest BCUT2D eigenvalue weighted by Gasteiger charge is 2.44. The predicted octanol–water partition coefficient (Wildman–Crippen LogP) is 2.18. The fourth-order valence-corrected chi connectivity index (χ4v) is 1.88. The van der Waals surface area contributed by atoms with Gasteiger partial charge < -0.3 is 14.7 Å². The first-order valence-electron chi connectivity index (χ1n) is 5.84. The van der Waals surface area contributed by atoms with Gasteiger partial charge in [0.2, 0.25) is 6.79 Å². The van der Waals surface area contributed by atoms with Crippen molar-refractivity contribution in [2.24, 2.45) is 0 Å². The molecule has 0 fully saturated rings. The second kappa shape index (κ2) is 7.36. The van der Waals surface area contributed by atoms with Crippen molar-refractivity contribution in [2.75, 3.05) is 6.79 Å². The Bertz CT molecular complexity index is 646. The Morgan fingerprint density at radius 3 is 2.68 bits per heavy atom. The van der Waals surface area contributed by atoms with Gasteiger partial charge in [-0.3, -0.25) is 5.04 Å². The van der Waals surface area contributed by atoms with E-state index in [1.807, 2.05) is 18.2 Å². The van der Waals surface area contributed by atoms with Crippen LogP contribution in [0.3, 0.4) is 0 Å². The fraction of sp³-hybridized carbons (Fsp3) is 0.154. The van der Waals surface area contributed by atoms with E-state index in [1.54, 1.807) is 24.3 Å². The first-order valence-corrected chi connectivity index (χ1v) is 6.58. The number of benzene rings is 2. The molecule has 0 amide bonds. The van der Waals surface area contributed by atoms with Crippen LogP contribution in [0.25, 0.3) is 10.8 Å². The normalized spacial score (nSPS) is 11.4. The van der Waals surface area contributed by atoms with E-state index in [2.05, 4.69) is 14.1 Å². The topological polar surface area (TPSA) is 77.1 Å². The highest BCUT2D eigenvalue weighted by Crippen LogP contribution is 2.31. The lowest BCUT2D eigenvalue weighted by Crippen LogP contribution is -2.29. The molecule has 0 radical (unpaired) electrons. The molecule has 9 heteroatoms. The van der Waals surface area contributed by atoms with Gasteiger partial charge in [-0.25, -0.2) is 4.79 Å². The number of fused-ring (bicyclic) bond motifs is 1. The van der Waals surface area contributed by atoms with Crippen molar-refractivity contribution in [1.29, 1.82) is 0 Å². The summed E-state index contributed by atoms with van der Waals surface area (Å²) >= 11 is -0.763. The summed E-state index contributed by atoms with van der Waals surface area (Å²) in [6, 6.07) is 12.4. The van der Waals surface area contributed by atoms with Gasteiger partial charge >= 0.3 is 11.2 Å². The van der Waals surface area contributed by atoms with Gasteiger partial charge in [-0.2, -0.15) is 13.1 Å². The van der Waals surface area contributed by atoms with Gasteiger partial charge in [0.25, 0.3) is 0 Å². The average Bonchev–Trinajstić information content (AvgIpc) is 2.53. The van der Waals surface area contributed by atoms with E-state index >= 15 is 0 Å². The van der Waals surface area contributed by atoms with E-state index in [1.165, 1.54) is 0 Å². The van der Waals surface area contributed by atoms with Gasteiger partial charge in [0.1, 0.15) is 17.8 Å². The molecule has 0 N–H and O–H groups in total. The molecule has 0 heterocycles. The van der Waals surface area contributed by atoms with Crippen LogP contribution in [-0.4, -0.2) is 18.0 Å². The molecule has 0 saturated carbocycles. The summed E-state index contributed by atoms with van der Waals surface area (Å²) in [5.41, 5.74) is 0. The van der Waals surface area contributed by atoms with Crippen LogP contribution in [0.1, 0.15) is 0 Å². The van der Waals surface area contributed by atoms with Crippen molar-refractivity contribution in [3.63, 3.8) is 0 Å². The molecule has 2 aromatic carbocycles. The standard InChI is InChI=1S/C13H10F2O6S/c14-13(15,22-21-20-17)12(16)19-8-18-11-7-3-5-9-4-1-2-6-10(9)11/h1-7,17H,8H2/p-1. The molecule has 2 aromatic rings. The summed E-state index contributed by atoms with van der Waals surface area (Å²) < 4.78 is 39.0. The maximum absolute atomic E-state index is 13.1. The summed E-state index contributed by atoms with van der Waals surface area (Å²) in [4.78, 5) is 11.1. The molecule has 0 atom stereocenters. The van der Waals surface area contributed by atoms with E-state index < -0.39 is 30.1 Å². The zero-order chi connectivity index (χ0) is 16.0. The van der Waals surface area contributed by atoms with Crippen LogP contribution < -0.4 is 9.99 Å². The number of hydrogen-bond acceptors (Lipinski definition) is 7. The van der Waals surface area contributed by atoms with Crippen molar-refractivity contribution in [1.82, 2.24) is 0 Å². The minimum absolute atomic E-state index is 0.376. The third kappa shape index (κ3) is 4.04. The molecular formula is C13H9F2O6S-. The molecule has 0 saturated heterocycles. The maximum Gasteiger partial charge on any atom is 0.415 e. The molecule has 0 aliphatic heterocycles. The first kappa shape index (κ1) is 16.4. The summed E-state index contributed by atoms with van der Waals surface area (Å²) in [6.07, 6.45) is 0. The molecule has 2 rings (SSSR count). The van der Waals surface area contributed by atoms with Gasteiger partial charge in [-0.05, 0) is 11.5 Å². The lowest BCUT2D eigenvalue weighted by atomic mass is 10.1. The van der Waals surface area contributed by atoms with Gasteiger partial charge in [0.15, 0.2) is 0 Å². The Labute approximate surface area is 127 Å². The zero-order valence-electron chi connectivity index (χ0n) is 10.9. The van der Waals surface area contributed by atoms with Crippen molar-refractivity contribution >= 4 is 28.8 Å². The lowest BCUT2D eigenvalue weighted by Gasteiger charge is -2.14. The second-order valence-electron chi connectivity index (χ2n) is 3.91. The molecule has 0 aliphatic rings. The zero-order valence-corrected chi connectivity index (χ0v) is 11.7. The average molecular weight is 331 g/mol. The summed E-state index contributed by atoms with van der Waals surface area (Å²) in [5.74, 6) is -1.55. The minimum Gasteiger partial charge on any atom is -0.691 e. The van der Waals surface area contributed by atoms with Crippen LogP contribution >= 0.6 is 12.0 Å². The van der Waals surface area contributed by atoms with Gasteiger partial charge in [-0.1, -0.05) is 36.4 Å². The summed E-state index contributed by atoms with van der Waals surface area (Å²) in [5, 5.41) is 9.75. The Hall–Kier alpha value is -1.94. The van der Waals surface area contributed by atoms with Crippen molar-refractivity contribution in [2.45, 2.75) is 5.25 Å². The molecule has 0 aliphatic carbocycles. The number of rotatable bonds is 7. The van der Waals surface area contributed by atoms with E-state index in [0.29, 0.717) is 5.75 Å². The molecule has 0 unspecified atom stereocenters. The summed E-state index contributed by atoms with van der Waals surface area (Å²) in [7, 11) is 0. The molecule has 118 valence electrons. The third-order valence-electron chi connectivity index (χ3n) is 2.56. The van der Waals surface area contributed by atoms with E-state index in [0.717, 1.165) is 10.8 Å². The smallest absolute Gasteiger partial charge is 0.415 e. The largest absolute Gasteiger partial charge is 0.691 e. The number of halogens is 2. The van der Waals surface area contributed by atoms with Crippen LogP contribution in [0.15, 0.2) is 42.5 Å². The fourth-order valence-electron chi connectivity index (χ4n) is 1.64. The monoisotopic (exact) mass is 331 g/mol. The predicted molar refractivity (Wildman–Crippen MR) is 70.2 cm³/mol. The number of carbonyl (C=O) groups excluding carboxylic acids is 1. The van der Waals surface area contributed by atoms with Crippen LogP contribution in [-0.2, 0) is 18.9 Å². The Balaban J connectivity index is 1.94. The van der Waals surface area contributed by atoms with E-state index in [4.69, 9.17) is 4.74 Å². The van der Waals surface area contributed by atoms with Gasteiger partial charge in [-0.15, -0.1) is 0 Å². The summed E-state index contributed by atoms with van der Waals surface area (Å²) in [6.45, 7) is -0.721. The number of alkyl halides is 2. The number of ether oxygens (including phenoxy) is 2. The van der Waals surface area contributed by atoms with Crippen molar-refractivity contribution in [3.05, 3.63) is 42.5 Å². The Morgan fingerprint density at radius 2 is 1.91 bits per heavy atom. The van der Waals surface area contributed by atoms with Crippen LogP contribution in [0, 0.1) is 0 Å². The van der Waals surface area contributed by atoms with Crippen molar-refractivity contribution < 1.29 is 37.7 Å². The second-order valence-corrected chi connectivity index (χ2v) is 4.72. The molecule has 0 bridgehead atoms. The third-order valence-corrected chi connectivity index (χ3v) is 3.06. The maximum atomic E-state index is 13.1. The molecular weight excluding hydrogens is 322 g/mol. The Morgan fingerprint density at radius 1 is 1.18 bits per heavy atom. The van der Waals surface area contributed by atoms with Crippen LogP contribution in [0.2, 0.25) is 0 Å². The van der Waals surface area contributed by atoms with E-state index in [-0.39, 0.29) is 0 Å². The molecule has 22 heavy (non-hydrogen) atoms. The molecule has 0 spiro atoms. The minimum atomic E-state index is -4.09. The molecule has 6 nitrogen and oxygen atoms in total. The Kier molecular flexibility index (Phi) is 5.50. The number of esters is 1. The SMILES string of the molecule is O=C(OCOc1cccc2ccccc12)C(F)(F)SOO[O-]. The van der Waals surface area contributed by atoms with Gasteiger partial charge in [0, 0.05) is 5.39 Å². The quantitative estimate of drug-likeness (QED) is 0.253. The first-order chi connectivity index (χ1) is 10.5. The molecule has 0 aromatic heterocycles. The number of carbonyl (C=O) groups is 1. The van der Waals surface area contributed by atoms with E-state index in [9.17, 15) is 18.8 Å².